The van der Waals surface area contributed by atoms with Crippen LogP contribution in [-0.2, 0) is 0 Å². The topological polar surface area (TPSA) is 67.5 Å². The van der Waals surface area contributed by atoms with E-state index in [4.69, 9.17) is 5.73 Å². The van der Waals surface area contributed by atoms with Gasteiger partial charge in [-0.2, -0.15) is 5.10 Å². The maximum absolute atomic E-state index is 10.2. The zero-order valence-electron chi connectivity index (χ0n) is 6.63. The number of carbonyl (C=O) groups is 1. The van der Waals surface area contributed by atoms with Gasteiger partial charge in [0, 0.05) is 5.71 Å². The van der Waals surface area contributed by atoms with Gasteiger partial charge in [0.15, 0.2) is 0 Å². The zero-order valence-corrected chi connectivity index (χ0v) is 6.63. The number of nitrogens with two attached hydrogens (primary N) is 1. The molecule has 1 saturated carbocycles. The smallest absolute Gasteiger partial charge is 0.332 e. The van der Waals surface area contributed by atoms with Crippen molar-refractivity contribution in [1.29, 1.82) is 0 Å². The lowest BCUT2D eigenvalue weighted by atomic mass is 10.1. The monoisotopic (exact) mass is 155 g/mol. The molecule has 0 radical (unpaired) electrons. The first-order chi connectivity index (χ1) is 5.18. The molecule has 4 nitrogen and oxygen atoms in total. The lowest BCUT2D eigenvalue weighted by Gasteiger charge is -1.96. The van der Waals surface area contributed by atoms with Gasteiger partial charge in [0.2, 0.25) is 0 Å². The van der Waals surface area contributed by atoms with Crippen LogP contribution < -0.4 is 11.2 Å². The number of amides is 2. The summed E-state index contributed by atoms with van der Waals surface area (Å²) < 4.78 is 0. The maximum atomic E-state index is 10.2. The third-order valence-corrected chi connectivity index (χ3v) is 1.83. The molecule has 3 N–H and O–H groups in total. The Balaban J connectivity index is 2.36. The van der Waals surface area contributed by atoms with Gasteiger partial charge in [-0.15, -0.1) is 0 Å². The molecular weight excluding hydrogens is 142 g/mol. The summed E-state index contributed by atoms with van der Waals surface area (Å²) >= 11 is 0. The number of primary amides is 1. The summed E-state index contributed by atoms with van der Waals surface area (Å²) in [7, 11) is 0. The SMILES string of the molecule is CC1CC/C(=N/NC(N)=O)C1. The molecule has 0 saturated heterocycles. The molecule has 1 atom stereocenters. The van der Waals surface area contributed by atoms with Gasteiger partial charge in [-0.25, -0.2) is 10.2 Å². The largest absolute Gasteiger partial charge is 0.350 e. The number of urea groups is 1. The number of rotatable bonds is 1. The molecule has 1 unspecified atom stereocenters. The summed E-state index contributed by atoms with van der Waals surface area (Å²) in [6.07, 6.45) is 3.14. The fourth-order valence-electron chi connectivity index (χ4n) is 1.26. The van der Waals surface area contributed by atoms with Crippen LogP contribution in [0.5, 0.6) is 0 Å². The molecule has 1 aliphatic rings. The van der Waals surface area contributed by atoms with Crippen molar-refractivity contribution in [2.45, 2.75) is 26.2 Å². The fraction of sp³-hybridized carbons (Fsp3) is 0.714. The molecule has 4 heteroatoms. The Hall–Kier alpha value is -1.06. The number of hydrogen-bond donors (Lipinski definition) is 2. The predicted molar refractivity (Wildman–Crippen MR) is 43.2 cm³/mol. The summed E-state index contributed by atoms with van der Waals surface area (Å²) in [4.78, 5) is 10.2. The van der Waals surface area contributed by atoms with Crippen LogP contribution in [0.2, 0.25) is 0 Å². The number of nitrogens with zero attached hydrogens (tertiary/aromatic N) is 1. The molecule has 1 aliphatic carbocycles. The molecule has 0 aromatic rings. The first kappa shape index (κ1) is 8.04. The van der Waals surface area contributed by atoms with E-state index < -0.39 is 6.03 Å². The van der Waals surface area contributed by atoms with E-state index in [1.807, 2.05) is 0 Å². The zero-order chi connectivity index (χ0) is 8.27. The number of nitrogens with one attached hydrogen (secondary N) is 1. The van der Waals surface area contributed by atoms with Crippen LogP contribution in [0.25, 0.3) is 0 Å². The first-order valence-corrected chi connectivity index (χ1v) is 3.79. The minimum atomic E-state index is -0.586. The lowest BCUT2D eigenvalue weighted by Crippen LogP contribution is -2.25. The van der Waals surface area contributed by atoms with Crippen LogP contribution in [0.4, 0.5) is 4.79 Å². The van der Waals surface area contributed by atoms with E-state index in [2.05, 4.69) is 17.5 Å². The second-order valence-corrected chi connectivity index (χ2v) is 3.00. The Morgan fingerprint density at radius 3 is 3.00 bits per heavy atom. The van der Waals surface area contributed by atoms with Crippen molar-refractivity contribution < 1.29 is 4.79 Å². The highest BCUT2D eigenvalue weighted by atomic mass is 16.2. The van der Waals surface area contributed by atoms with E-state index in [9.17, 15) is 4.79 Å². The molecule has 11 heavy (non-hydrogen) atoms. The predicted octanol–water partition coefficient (Wildman–Crippen LogP) is 0.831. The molecule has 0 aromatic heterocycles. The van der Waals surface area contributed by atoms with E-state index in [-0.39, 0.29) is 0 Å². The molecular formula is C7H13N3O. The standard InChI is InChI=1S/C7H13N3O/c1-5-2-3-6(4-5)9-10-7(8)11/h5H,2-4H2,1H3,(H3,8,10,11)/b9-6-. The molecule has 0 heterocycles. The summed E-state index contributed by atoms with van der Waals surface area (Å²) in [5, 5.41) is 3.87. The van der Waals surface area contributed by atoms with Crippen LogP contribution in [0.3, 0.4) is 0 Å². The van der Waals surface area contributed by atoms with Gasteiger partial charge < -0.3 is 5.73 Å². The lowest BCUT2D eigenvalue weighted by molar-refractivity contribution is 0.249. The van der Waals surface area contributed by atoms with Crippen LogP contribution in [0.1, 0.15) is 26.2 Å². The number of hydrazone groups is 1. The summed E-state index contributed by atoms with van der Waals surface area (Å²) in [6.45, 7) is 2.17. The normalized spacial score (nSPS) is 27.4. The highest BCUT2D eigenvalue weighted by molar-refractivity contribution is 5.87. The van der Waals surface area contributed by atoms with Gasteiger partial charge in [-0.3, -0.25) is 0 Å². The summed E-state index contributed by atoms with van der Waals surface area (Å²) in [6, 6.07) is -0.586. The average molecular weight is 155 g/mol. The Morgan fingerprint density at radius 1 is 1.82 bits per heavy atom. The van der Waals surface area contributed by atoms with E-state index in [1.54, 1.807) is 0 Å². The van der Waals surface area contributed by atoms with Gasteiger partial charge in [0.1, 0.15) is 0 Å². The summed E-state index contributed by atoms with van der Waals surface area (Å²) in [5.41, 5.74) is 8.14. The van der Waals surface area contributed by atoms with Gasteiger partial charge >= 0.3 is 6.03 Å². The number of hydrogen-bond acceptors (Lipinski definition) is 2. The first-order valence-electron chi connectivity index (χ1n) is 3.79. The van der Waals surface area contributed by atoms with E-state index in [0.717, 1.165) is 18.6 Å². The quantitative estimate of drug-likeness (QED) is 0.541. The molecule has 0 spiro atoms. The van der Waals surface area contributed by atoms with Crippen molar-refractivity contribution in [1.82, 2.24) is 5.43 Å². The van der Waals surface area contributed by atoms with Gasteiger partial charge in [0.25, 0.3) is 0 Å². The molecule has 0 aromatic carbocycles. The van der Waals surface area contributed by atoms with Gasteiger partial charge in [0.05, 0.1) is 0 Å². The van der Waals surface area contributed by atoms with Crippen molar-refractivity contribution in [2.75, 3.05) is 0 Å². The highest BCUT2D eigenvalue weighted by Crippen LogP contribution is 2.21. The Morgan fingerprint density at radius 2 is 2.55 bits per heavy atom. The van der Waals surface area contributed by atoms with Crippen LogP contribution in [-0.4, -0.2) is 11.7 Å². The van der Waals surface area contributed by atoms with Crippen molar-refractivity contribution >= 4 is 11.7 Å². The van der Waals surface area contributed by atoms with Gasteiger partial charge in [-0.05, 0) is 25.2 Å². The highest BCUT2D eigenvalue weighted by Gasteiger charge is 2.15. The van der Waals surface area contributed by atoms with Gasteiger partial charge in [-0.1, -0.05) is 6.92 Å². The number of carbonyl (C=O) groups excluding carboxylic acids is 1. The van der Waals surface area contributed by atoms with Crippen LogP contribution in [0.15, 0.2) is 5.10 Å². The minimum Gasteiger partial charge on any atom is -0.350 e. The molecule has 1 rings (SSSR count). The van der Waals surface area contributed by atoms with Crippen molar-refractivity contribution in [3.8, 4) is 0 Å². The van der Waals surface area contributed by atoms with Crippen LogP contribution in [0, 0.1) is 5.92 Å². The second-order valence-electron chi connectivity index (χ2n) is 3.00. The third-order valence-electron chi connectivity index (χ3n) is 1.83. The van der Waals surface area contributed by atoms with Crippen LogP contribution >= 0.6 is 0 Å². The average Bonchev–Trinajstić information content (AvgIpc) is 2.31. The van der Waals surface area contributed by atoms with Crippen molar-refractivity contribution in [3.63, 3.8) is 0 Å². The molecule has 0 bridgehead atoms. The van der Waals surface area contributed by atoms with Crippen molar-refractivity contribution in [3.05, 3.63) is 0 Å². The molecule has 2 amide bonds. The second kappa shape index (κ2) is 3.37. The van der Waals surface area contributed by atoms with Crippen molar-refractivity contribution in [2.24, 2.45) is 16.8 Å². The van der Waals surface area contributed by atoms with E-state index in [0.29, 0.717) is 5.92 Å². The Labute approximate surface area is 65.8 Å². The Kier molecular flexibility index (Phi) is 2.46. The Bertz CT molecular complexity index is 188. The molecule has 0 aliphatic heterocycles. The third kappa shape index (κ3) is 2.57. The fourth-order valence-corrected chi connectivity index (χ4v) is 1.26. The summed E-state index contributed by atoms with van der Waals surface area (Å²) in [5.74, 6) is 0.698. The van der Waals surface area contributed by atoms with E-state index >= 15 is 0 Å². The molecule has 1 fully saturated rings. The maximum Gasteiger partial charge on any atom is 0.332 e. The van der Waals surface area contributed by atoms with E-state index in [1.165, 1.54) is 6.42 Å². The molecule has 62 valence electrons. The minimum absolute atomic E-state index is 0.586.